The van der Waals surface area contributed by atoms with E-state index in [2.05, 4.69) is 30.8 Å². The first kappa shape index (κ1) is 31.0. The van der Waals surface area contributed by atoms with Crippen LogP contribution in [0.15, 0.2) is 30.5 Å². The molecule has 0 bridgehead atoms. The number of hydrogen-bond donors (Lipinski definition) is 3. The summed E-state index contributed by atoms with van der Waals surface area (Å²) in [6, 6.07) is 6.83. The van der Waals surface area contributed by atoms with Gasteiger partial charge in [0.05, 0.1) is 5.92 Å². The van der Waals surface area contributed by atoms with Crippen LogP contribution in [0, 0.1) is 5.92 Å². The molecule has 12 heteroatoms. The summed E-state index contributed by atoms with van der Waals surface area (Å²) in [5, 5.41) is 8.72. The van der Waals surface area contributed by atoms with Gasteiger partial charge in [0, 0.05) is 48.7 Å². The van der Waals surface area contributed by atoms with Crippen LogP contribution in [0.1, 0.15) is 81.1 Å². The molecule has 0 unspecified atom stereocenters. The van der Waals surface area contributed by atoms with Crippen molar-refractivity contribution in [3.05, 3.63) is 41.6 Å². The molecule has 2 aromatic rings. The standard InChI is InChI=1S/C31H42F3N7O2/c1-20(2)36-28(42)24-7-6-8-26(24)38-27-25(31(32,33)34)19-35-30(39-27)37-22-11-9-21(10-12-22)29(43)41-17-13-23(14-18-41)40-15-4-3-5-16-40/h9-12,19-20,23-24,26H,3-8,13-18H2,1-2H3,(H,36,42)(H2,35,37,38,39)/t24-,26+/m0/s1. The number of likely N-dealkylation sites (tertiary alicyclic amines) is 2. The van der Waals surface area contributed by atoms with Crippen molar-refractivity contribution in [3.8, 4) is 0 Å². The van der Waals surface area contributed by atoms with E-state index in [1.54, 1.807) is 24.3 Å². The van der Waals surface area contributed by atoms with E-state index in [9.17, 15) is 22.8 Å². The first-order valence-corrected chi connectivity index (χ1v) is 15.5. The van der Waals surface area contributed by atoms with Crippen LogP contribution in [0.3, 0.4) is 0 Å². The van der Waals surface area contributed by atoms with Gasteiger partial charge in [-0.1, -0.05) is 12.8 Å². The molecule has 1 aromatic carbocycles. The molecule has 2 saturated heterocycles. The van der Waals surface area contributed by atoms with Gasteiger partial charge in [-0.3, -0.25) is 9.59 Å². The lowest BCUT2D eigenvalue weighted by Crippen LogP contribution is -2.48. The molecule has 234 valence electrons. The molecule has 2 atom stereocenters. The second kappa shape index (κ2) is 13.5. The molecule has 2 amide bonds. The molecule has 0 spiro atoms. The molecule has 1 saturated carbocycles. The molecular formula is C31H42F3N7O2. The highest BCUT2D eigenvalue weighted by Gasteiger charge is 2.39. The number of amides is 2. The number of halogens is 3. The van der Waals surface area contributed by atoms with E-state index >= 15 is 0 Å². The van der Waals surface area contributed by atoms with Crippen molar-refractivity contribution in [2.24, 2.45) is 5.92 Å². The molecule has 9 nitrogen and oxygen atoms in total. The first-order valence-electron chi connectivity index (χ1n) is 15.5. The number of nitrogens with zero attached hydrogens (tertiary/aromatic N) is 4. The normalized spacial score (nSPS) is 22.0. The van der Waals surface area contributed by atoms with Gasteiger partial charge in [-0.05, 0) is 89.7 Å². The van der Waals surface area contributed by atoms with Crippen molar-refractivity contribution in [3.63, 3.8) is 0 Å². The zero-order valence-electron chi connectivity index (χ0n) is 24.9. The van der Waals surface area contributed by atoms with E-state index in [0.29, 0.717) is 30.1 Å². The maximum Gasteiger partial charge on any atom is 0.421 e. The van der Waals surface area contributed by atoms with Crippen LogP contribution in [0.4, 0.5) is 30.6 Å². The van der Waals surface area contributed by atoms with E-state index in [0.717, 1.165) is 51.6 Å². The Morgan fingerprint density at radius 2 is 1.63 bits per heavy atom. The topological polar surface area (TPSA) is 102 Å². The minimum absolute atomic E-state index is 0.0180. The van der Waals surface area contributed by atoms with Crippen LogP contribution in [-0.2, 0) is 11.0 Å². The number of hydrogen-bond acceptors (Lipinski definition) is 7. The van der Waals surface area contributed by atoms with Crippen molar-refractivity contribution in [2.45, 2.75) is 89.5 Å². The lowest BCUT2D eigenvalue weighted by Gasteiger charge is -2.40. The van der Waals surface area contributed by atoms with Gasteiger partial charge >= 0.3 is 6.18 Å². The largest absolute Gasteiger partial charge is 0.421 e. The second-order valence-electron chi connectivity index (χ2n) is 12.2. The summed E-state index contributed by atoms with van der Waals surface area (Å²) in [5.41, 5.74) is 0.115. The Kier molecular flexibility index (Phi) is 9.73. The predicted octanol–water partition coefficient (Wildman–Crippen LogP) is 5.43. The molecule has 2 aliphatic heterocycles. The molecule has 43 heavy (non-hydrogen) atoms. The minimum Gasteiger partial charge on any atom is -0.366 e. The van der Waals surface area contributed by atoms with Crippen molar-refractivity contribution in [1.29, 1.82) is 0 Å². The van der Waals surface area contributed by atoms with E-state index in [4.69, 9.17) is 0 Å². The number of carbonyl (C=O) groups excluding carboxylic acids is 2. The maximum atomic E-state index is 13.8. The summed E-state index contributed by atoms with van der Waals surface area (Å²) in [6.45, 7) is 7.47. The average Bonchev–Trinajstić information content (AvgIpc) is 3.45. The van der Waals surface area contributed by atoms with E-state index in [-0.39, 0.29) is 29.6 Å². The zero-order chi connectivity index (χ0) is 30.6. The quantitative estimate of drug-likeness (QED) is 0.371. The number of anilines is 3. The van der Waals surface area contributed by atoms with E-state index in [1.807, 2.05) is 18.7 Å². The molecular weight excluding hydrogens is 559 g/mol. The SMILES string of the molecule is CC(C)NC(=O)[C@H]1CCC[C@H]1Nc1nc(Nc2ccc(C(=O)N3CCC(N4CCCCC4)CC3)cc2)ncc1C(F)(F)F. The average molecular weight is 602 g/mol. The monoisotopic (exact) mass is 601 g/mol. The fourth-order valence-corrected chi connectivity index (χ4v) is 6.50. The number of alkyl halides is 3. The summed E-state index contributed by atoms with van der Waals surface area (Å²) in [6.07, 6.45) is 3.75. The van der Waals surface area contributed by atoms with Crippen LogP contribution in [-0.4, -0.2) is 75.9 Å². The van der Waals surface area contributed by atoms with Gasteiger partial charge in [0.15, 0.2) is 0 Å². The van der Waals surface area contributed by atoms with Crippen LogP contribution in [0.5, 0.6) is 0 Å². The van der Waals surface area contributed by atoms with Crippen molar-refractivity contribution >= 4 is 29.3 Å². The van der Waals surface area contributed by atoms with Gasteiger partial charge in [0.2, 0.25) is 11.9 Å². The van der Waals surface area contributed by atoms with E-state index < -0.39 is 23.7 Å². The third kappa shape index (κ3) is 7.76. The molecule has 3 aliphatic rings. The number of rotatable bonds is 8. The first-order chi connectivity index (χ1) is 20.6. The smallest absolute Gasteiger partial charge is 0.366 e. The van der Waals surface area contributed by atoms with Gasteiger partial charge in [-0.25, -0.2) is 4.98 Å². The van der Waals surface area contributed by atoms with Gasteiger partial charge in [-0.15, -0.1) is 0 Å². The van der Waals surface area contributed by atoms with Crippen molar-refractivity contribution in [1.82, 2.24) is 25.1 Å². The van der Waals surface area contributed by atoms with Crippen LogP contribution < -0.4 is 16.0 Å². The third-order valence-electron chi connectivity index (χ3n) is 8.75. The number of aromatic nitrogens is 2. The van der Waals surface area contributed by atoms with Crippen molar-refractivity contribution in [2.75, 3.05) is 36.8 Å². The third-order valence-corrected chi connectivity index (χ3v) is 8.75. The number of piperidine rings is 2. The van der Waals surface area contributed by atoms with Gasteiger partial charge in [-0.2, -0.15) is 18.2 Å². The molecule has 3 N–H and O–H groups in total. The number of nitrogens with one attached hydrogen (secondary N) is 3. The Labute approximate surface area is 251 Å². The Hall–Kier alpha value is -3.41. The Bertz CT molecular complexity index is 1260. The predicted molar refractivity (Wildman–Crippen MR) is 159 cm³/mol. The van der Waals surface area contributed by atoms with Gasteiger partial charge in [0.25, 0.3) is 5.91 Å². The molecule has 1 aliphatic carbocycles. The van der Waals surface area contributed by atoms with Crippen LogP contribution in [0.2, 0.25) is 0 Å². The van der Waals surface area contributed by atoms with Crippen LogP contribution in [0.25, 0.3) is 0 Å². The van der Waals surface area contributed by atoms with Crippen molar-refractivity contribution < 1.29 is 22.8 Å². The highest BCUT2D eigenvalue weighted by atomic mass is 19.4. The Balaban J connectivity index is 1.23. The summed E-state index contributed by atoms with van der Waals surface area (Å²) in [4.78, 5) is 38.4. The molecule has 5 rings (SSSR count). The van der Waals surface area contributed by atoms with Gasteiger partial charge < -0.3 is 25.8 Å². The second-order valence-corrected chi connectivity index (χ2v) is 12.2. The lowest BCUT2D eigenvalue weighted by atomic mass is 9.99. The fraction of sp³-hybridized carbons (Fsp3) is 0.613. The summed E-state index contributed by atoms with van der Waals surface area (Å²) in [7, 11) is 0. The summed E-state index contributed by atoms with van der Waals surface area (Å²) in [5.74, 6) is -1.02. The Morgan fingerprint density at radius 1 is 0.930 bits per heavy atom. The highest BCUT2D eigenvalue weighted by Crippen LogP contribution is 2.37. The highest BCUT2D eigenvalue weighted by molar-refractivity contribution is 5.94. The fourth-order valence-electron chi connectivity index (χ4n) is 6.50. The molecule has 3 heterocycles. The molecule has 3 fully saturated rings. The number of carbonyl (C=O) groups is 2. The van der Waals surface area contributed by atoms with Crippen LogP contribution >= 0.6 is 0 Å². The van der Waals surface area contributed by atoms with Gasteiger partial charge in [0.1, 0.15) is 11.4 Å². The lowest BCUT2D eigenvalue weighted by molar-refractivity contribution is -0.137. The minimum atomic E-state index is -4.67. The Morgan fingerprint density at radius 3 is 2.28 bits per heavy atom. The summed E-state index contributed by atoms with van der Waals surface area (Å²) >= 11 is 0. The molecule has 0 radical (unpaired) electrons. The zero-order valence-corrected chi connectivity index (χ0v) is 24.9. The van der Waals surface area contributed by atoms with E-state index in [1.165, 1.54) is 19.3 Å². The molecule has 1 aromatic heterocycles. The number of benzene rings is 1. The summed E-state index contributed by atoms with van der Waals surface area (Å²) < 4.78 is 41.5. The maximum absolute atomic E-state index is 13.8.